The molecule has 144 valence electrons. The van der Waals surface area contributed by atoms with Gasteiger partial charge in [0.15, 0.2) is 5.60 Å². The number of urea groups is 1. The molecule has 0 radical (unpaired) electrons. The highest BCUT2D eigenvalue weighted by atomic mass is 16.7. The lowest BCUT2D eigenvalue weighted by Crippen LogP contribution is -2.43. The first kappa shape index (κ1) is 17.8. The number of benzene rings is 1. The van der Waals surface area contributed by atoms with E-state index in [1.165, 1.54) is 5.56 Å². The SMILES string of the molecule is C[C@H](CNC(=O)C1=NO[C@@]2(CCN(C(=O)NC3CC3)C2)C1)c1ccccc1. The number of hydrogen-bond donors (Lipinski definition) is 2. The fourth-order valence-corrected chi connectivity index (χ4v) is 3.62. The maximum atomic E-state index is 12.5. The lowest BCUT2D eigenvalue weighted by atomic mass is 9.96. The summed E-state index contributed by atoms with van der Waals surface area (Å²) in [4.78, 5) is 32.1. The Labute approximate surface area is 159 Å². The summed E-state index contributed by atoms with van der Waals surface area (Å²) in [6.07, 6.45) is 3.28. The lowest BCUT2D eigenvalue weighted by Gasteiger charge is -2.22. The van der Waals surface area contributed by atoms with Crippen molar-refractivity contribution in [1.29, 1.82) is 0 Å². The molecule has 27 heavy (non-hydrogen) atoms. The Morgan fingerprint density at radius 3 is 2.85 bits per heavy atom. The number of amides is 3. The summed E-state index contributed by atoms with van der Waals surface area (Å²) in [5.74, 6) is 0.0376. The summed E-state index contributed by atoms with van der Waals surface area (Å²) < 4.78 is 0. The molecule has 7 heteroatoms. The van der Waals surface area contributed by atoms with Gasteiger partial charge in [-0.1, -0.05) is 42.4 Å². The fourth-order valence-electron chi connectivity index (χ4n) is 3.62. The Bertz CT molecular complexity index is 747. The van der Waals surface area contributed by atoms with Gasteiger partial charge >= 0.3 is 6.03 Å². The first-order valence-electron chi connectivity index (χ1n) is 9.68. The number of nitrogens with zero attached hydrogens (tertiary/aromatic N) is 2. The molecule has 0 aromatic heterocycles. The van der Waals surface area contributed by atoms with Gasteiger partial charge in [0.05, 0.1) is 6.54 Å². The number of nitrogens with one attached hydrogen (secondary N) is 2. The molecular formula is C20H26N4O3. The van der Waals surface area contributed by atoms with Crippen LogP contribution in [0.5, 0.6) is 0 Å². The van der Waals surface area contributed by atoms with Crippen LogP contribution in [0, 0.1) is 0 Å². The van der Waals surface area contributed by atoms with Crippen molar-refractivity contribution in [3.63, 3.8) is 0 Å². The van der Waals surface area contributed by atoms with Gasteiger partial charge in [-0.05, 0) is 24.3 Å². The molecule has 1 aromatic rings. The van der Waals surface area contributed by atoms with Crippen LogP contribution in [0.2, 0.25) is 0 Å². The number of carbonyl (C=O) groups is 2. The van der Waals surface area contributed by atoms with E-state index < -0.39 is 5.60 Å². The van der Waals surface area contributed by atoms with Gasteiger partial charge in [-0.25, -0.2) is 4.79 Å². The number of oxime groups is 1. The summed E-state index contributed by atoms with van der Waals surface area (Å²) in [5.41, 5.74) is 1.06. The number of hydrogen-bond acceptors (Lipinski definition) is 4. The molecule has 2 atom stereocenters. The van der Waals surface area contributed by atoms with Crippen molar-refractivity contribution in [2.75, 3.05) is 19.6 Å². The molecule has 2 fully saturated rings. The van der Waals surface area contributed by atoms with E-state index >= 15 is 0 Å². The third kappa shape index (κ3) is 4.07. The molecule has 2 heterocycles. The van der Waals surface area contributed by atoms with Crippen LogP contribution < -0.4 is 10.6 Å². The third-order valence-corrected chi connectivity index (χ3v) is 5.55. The summed E-state index contributed by atoms with van der Waals surface area (Å²) in [6, 6.07) is 10.4. The monoisotopic (exact) mass is 370 g/mol. The molecule has 2 aliphatic heterocycles. The van der Waals surface area contributed by atoms with Crippen molar-refractivity contribution < 1.29 is 14.4 Å². The quantitative estimate of drug-likeness (QED) is 0.832. The van der Waals surface area contributed by atoms with Crippen molar-refractivity contribution in [1.82, 2.24) is 15.5 Å². The zero-order valence-electron chi connectivity index (χ0n) is 15.6. The lowest BCUT2D eigenvalue weighted by molar-refractivity contribution is -0.115. The van der Waals surface area contributed by atoms with Gasteiger partial charge in [-0.2, -0.15) is 0 Å². The summed E-state index contributed by atoms with van der Waals surface area (Å²) in [7, 11) is 0. The van der Waals surface area contributed by atoms with E-state index in [4.69, 9.17) is 4.84 Å². The third-order valence-electron chi connectivity index (χ3n) is 5.55. The molecule has 1 saturated carbocycles. The Kier molecular flexibility index (Phi) is 4.76. The fraction of sp³-hybridized carbons (Fsp3) is 0.550. The van der Waals surface area contributed by atoms with E-state index in [0.717, 1.165) is 12.8 Å². The van der Waals surface area contributed by atoms with Crippen LogP contribution in [-0.2, 0) is 9.63 Å². The standard InChI is InChI=1S/C20H26N4O3/c1-14(15-5-3-2-4-6-15)12-21-18(25)17-11-20(27-23-17)9-10-24(13-20)19(26)22-16-7-8-16/h2-6,14,16H,7-13H2,1H3,(H,21,25)(H,22,26)/t14-,20+/m1/s1. The van der Waals surface area contributed by atoms with Gasteiger partial charge in [0, 0.05) is 32.0 Å². The average molecular weight is 370 g/mol. The van der Waals surface area contributed by atoms with Gasteiger partial charge in [-0.15, -0.1) is 0 Å². The molecule has 3 aliphatic rings. The number of carbonyl (C=O) groups excluding carboxylic acids is 2. The molecule has 3 amide bonds. The van der Waals surface area contributed by atoms with Gasteiger partial charge in [0.25, 0.3) is 5.91 Å². The zero-order chi connectivity index (χ0) is 18.9. The van der Waals surface area contributed by atoms with E-state index in [9.17, 15) is 9.59 Å². The van der Waals surface area contributed by atoms with Crippen LogP contribution in [0.4, 0.5) is 4.79 Å². The highest BCUT2D eigenvalue weighted by Gasteiger charge is 2.48. The van der Waals surface area contributed by atoms with Crippen LogP contribution in [0.25, 0.3) is 0 Å². The van der Waals surface area contributed by atoms with Crippen LogP contribution in [0.15, 0.2) is 35.5 Å². The van der Waals surface area contributed by atoms with E-state index in [1.54, 1.807) is 4.90 Å². The molecule has 1 saturated heterocycles. The molecule has 0 unspecified atom stereocenters. The van der Waals surface area contributed by atoms with Crippen molar-refractivity contribution in [2.45, 2.75) is 50.2 Å². The van der Waals surface area contributed by atoms with E-state index in [-0.39, 0.29) is 17.9 Å². The average Bonchev–Trinajstić information content (AvgIpc) is 3.25. The minimum Gasteiger partial charge on any atom is -0.386 e. The highest BCUT2D eigenvalue weighted by molar-refractivity contribution is 6.39. The second-order valence-corrected chi connectivity index (χ2v) is 7.91. The van der Waals surface area contributed by atoms with Gasteiger partial charge in [-0.3, -0.25) is 4.79 Å². The topological polar surface area (TPSA) is 83.0 Å². The molecule has 1 aromatic carbocycles. The van der Waals surface area contributed by atoms with E-state index in [1.807, 2.05) is 18.2 Å². The Hall–Kier alpha value is -2.57. The predicted molar refractivity (Wildman–Crippen MR) is 101 cm³/mol. The zero-order valence-corrected chi connectivity index (χ0v) is 15.6. The minimum absolute atomic E-state index is 0.0347. The highest BCUT2D eigenvalue weighted by Crippen LogP contribution is 2.34. The molecule has 0 bridgehead atoms. The van der Waals surface area contributed by atoms with E-state index in [0.29, 0.717) is 44.2 Å². The maximum Gasteiger partial charge on any atom is 0.317 e. The second-order valence-electron chi connectivity index (χ2n) is 7.91. The molecule has 7 nitrogen and oxygen atoms in total. The smallest absolute Gasteiger partial charge is 0.317 e. The molecule has 1 aliphatic carbocycles. The van der Waals surface area contributed by atoms with Crippen LogP contribution >= 0.6 is 0 Å². The number of likely N-dealkylation sites (tertiary alicyclic amines) is 1. The van der Waals surface area contributed by atoms with Gasteiger partial charge in [0.2, 0.25) is 0 Å². The maximum absolute atomic E-state index is 12.5. The molecule has 2 N–H and O–H groups in total. The largest absolute Gasteiger partial charge is 0.386 e. The summed E-state index contributed by atoms with van der Waals surface area (Å²) in [6.45, 7) is 3.74. The van der Waals surface area contributed by atoms with Crippen molar-refractivity contribution >= 4 is 17.6 Å². The predicted octanol–water partition coefficient (Wildman–Crippen LogP) is 2.00. The Morgan fingerprint density at radius 2 is 2.11 bits per heavy atom. The molecular weight excluding hydrogens is 344 g/mol. The van der Waals surface area contributed by atoms with Crippen LogP contribution in [0.3, 0.4) is 0 Å². The minimum atomic E-state index is -0.543. The summed E-state index contributed by atoms with van der Waals surface area (Å²) in [5, 5.41) is 9.99. The summed E-state index contributed by atoms with van der Waals surface area (Å²) >= 11 is 0. The normalized spacial score (nSPS) is 25.1. The Morgan fingerprint density at radius 1 is 1.33 bits per heavy atom. The van der Waals surface area contributed by atoms with Crippen molar-refractivity contribution in [3.05, 3.63) is 35.9 Å². The van der Waals surface area contributed by atoms with Gasteiger partial charge in [0.1, 0.15) is 5.71 Å². The van der Waals surface area contributed by atoms with Crippen molar-refractivity contribution in [2.24, 2.45) is 5.16 Å². The first-order chi connectivity index (χ1) is 13.0. The first-order valence-corrected chi connectivity index (χ1v) is 9.68. The van der Waals surface area contributed by atoms with Crippen LogP contribution in [-0.4, -0.2) is 53.8 Å². The second kappa shape index (κ2) is 7.21. The van der Waals surface area contributed by atoms with Crippen molar-refractivity contribution in [3.8, 4) is 0 Å². The molecule has 1 spiro atoms. The van der Waals surface area contributed by atoms with Gasteiger partial charge < -0.3 is 20.4 Å². The van der Waals surface area contributed by atoms with Crippen LogP contribution in [0.1, 0.15) is 44.1 Å². The molecule has 4 rings (SSSR count). The van der Waals surface area contributed by atoms with E-state index in [2.05, 4.69) is 34.8 Å². The Balaban J connectivity index is 1.26. The number of rotatable bonds is 5.